The van der Waals surface area contributed by atoms with Gasteiger partial charge in [0.25, 0.3) is 5.56 Å². The van der Waals surface area contributed by atoms with E-state index in [0.717, 1.165) is 0 Å². The Kier molecular flexibility index (Phi) is 5.89. The molecule has 1 aliphatic heterocycles. The van der Waals surface area contributed by atoms with E-state index in [9.17, 15) is 9.90 Å². The number of nitrogens with two attached hydrogens (primary N) is 1. The van der Waals surface area contributed by atoms with E-state index < -0.39 is 38.4 Å². The molecular weight excluding hydrogens is 394 g/mol. The average Bonchev–Trinajstić information content (AvgIpc) is 3.16. The SMILES string of the molecule is CCO[C@@H]1[C@H](O[Si](C)(C)C(C)(C)C)[C@@H](CO)O[C@H]1n1cnc2c(=O)[nH]c(N)nc21. The first-order chi connectivity index (χ1) is 13.5. The fourth-order valence-corrected chi connectivity index (χ4v) is 4.56. The highest BCUT2D eigenvalue weighted by Crippen LogP contribution is 2.42. The van der Waals surface area contributed by atoms with E-state index in [1.165, 1.54) is 6.33 Å². The standard InChI is InChI=1S/C18H31N5O5Si/c1-7-26-13-12(28-29(5,6)18(2,3)4)10(8-24)27-16(13)23-9-20-11-14(23)21-17(19)22-15(11)25/h9-10,12-13,16,24H,7-8H2,1-6H3,(H3,19,21,22,25)/t10-,12-,13-,16-/m1/s1. The van der Waals surface area contributed by atoms with Crippen molar-refractivity contribution in [1.29, 1.82) is 0 Å². The van der Waals surface area contributed by atoms with E-state index in [2.05, 4.69) is 48.8 Å². The first-order valence-corrected chi connectivity index (χ1v) is 12.7. The normalized spacial score (nSPS) is 25.8. The topological polar surface area (TPSA) is 138 Å². The van der Waals surface area contributed by atoms with E-state index in [4.69, 9.17) is 19.6 Å². The van der Waals surface area contributed by atoms with Crippen LogP contribution in [0.15, 0.2) is 11.1 Å². The van der Waals surface area contributed by atoms with Crippen molar-refractivity contribution in [3.8, 4) is 0 Å². The van der Waals surface area contributed by atoms with Crippen molar-refractivity contribution in [3.05, 3.63) is 16.7 Å². The number of aromatic nitrogens is 4. The summed E-state index contributed by atoms with van der Waals surface area (Å²) in [6.45, 7) is 12.8. The number of fused-ring (bicyclic) bond motifs is 1. The molecule has 0 saturated carbocycles. The molecule has 4 atom stereocenters. The van der Waals surface area contributed by atoms with Crippen LogP contribution in [0.25, 0.3) is 11.2 Å². The lowest BCUT2D eigenvalue weighted by Gasteiger charge is -2.40. The first kappa shape index (κ1) is 21.9. The number of nitrogens with zero attached hydrogens (tertiary/aromatic N) is 3. The van der Waals surface area contributed by atoms with Gasteiger partial charge in [-0.05, 0) is 25.1 Å². The minimum atomic E-state index is -2.17. The molecule has 1 aliphatic rings. The van der Waals surface area contributed by atoms with Gasteiger partial charge in [0.1, 0.15) is 18.3 Å². The summed E-state index contributed by atoms with van der Waals surface area (Å²) >= 11 is 0. The lowest BCUT2D eigenvalue weighted by atomic mass is 10.1. The Balaban J connectivity index is 2.03. The number of anilines is 1. The smallest absolute Gasteiger partial charge is 0.280 e. The molecule has 0 spiro atoms. The highest BCUT2D eigenvalue weighted by atomic mass is 28.4. The number of imidazole rings is 1. The second kappa shape index (κ2) is 7.80. The van der Waals surface area contributed by atoms with Gasteiger partial charge in [-0.1, -0.05) is 20.8 Å². The molecule has 3 rings (SSSR count). The third-order valence-electron chi connectivity index (χ3n) is 5.79. The van der Waals surface area contributed by atoms with Crippen molar-refractivity contribution in [2.75, 3.05) is 18.9 Å². The zero-order chi connectivity index (χ0) is 21.6. The van der Waals surface area contributed by atoms with Crippen molar-refractivity contribution in [2.45, 2.75) is 70.4 Å². The zero-order valence-electron chi connectivity index (χ0n) is 17.8. The highest BCUT2D eigenvalue weighted by Gasteiger charge is 2.51. The number of aliphatic hydroxyl groups is 1. The Morgan fingerprint density at radius 2 is 2.07 bits per heavy atom. The van der Waals surface area contributed by atoms with Gasteiger partial charge in [0, 0.05) is 6.61 Å². The van der Waals surface area contributed by atoms with Gasteiger partial charge < -0.3 is 24.7 Å². The summed E-state index contributed by atoms with van der Waals surface area (Å²) in [6.07, 6.45) is -0.747. The molecule has 2 aromatic heterocycles. The summed E-state index contributed by atoms with van der Waals surface area (Å²) in [4.78, 5) is 22.9. The first-order valence-electron chi connectivity index (χ1n) is 9.78. The van der Waals surface area contributed by atoms with Crippen LogP contribution in [0.4, 0.5) is 5.95 Å². The molecule has 0 aromatic carbocycles. The number of nitrogen functional groups attached to an aromatic ring is 1. The quantitative estimate of drug-likeness (QED) is 0.590. The third-order valence-corrected chi connectivity index (χ3v) is 10.3. The fraction of sp³-hybridized carbons (Fsp3) is 0.722. The second-order valence-electron chi connectivity index (χ2n) is 8.79. The fourth-order valence-electron chi connectivity index (χ4n) is 3.24. The van der Waals surface area contributed by atoms with Gasteiger partial charge >= 0.3 is 0 Å². The van der Waals surface area contributed by atoms with Gasteiger partial charge in [-0.25, -0.2) is 4.98 Å². The summed E-state index contributed by atoms with van der Waals surface area (Å²) < 4.78 is 20.4. The van der Waals surface area contributed by atoms with Crippen LogP contribution in [0, 0.1) is 0 Å². The van der Waals surface area contributed by atoms with Gasteiger partial charge in [-0.15, -0.1) is 0 Å². The maximum Gasteiger partial charge on any atom is 0.280 e. The molecule has 1 fully saturated rings. The third kappa shape index (κ3) is 3.97. The predicted octanol–water partition coefficient (Wildman–Crippen LogP) is 1.39. The number of hydrogen-bond acceptors (Lipinski definition) is 8. The van der Waals surface area contributed by atoms with Crippen molar-refractivity contribution in [2.24, 2.45) is 0 Å². The summed E-state index contributed by atoms with van der Waals surface area (Å²) in [5.74, 6) is -0.0111. The number of aromatic amines is 1. The molecule has 1 saturated heterocycles. The Hall–Kier alpha value is -1.79. The van der Waals surface area contributed by atoms with Gasteiger partial charge in [0.15, 0.2) is 25.7 Å². The Morgan fingerprint density at radius 1 is 1.38 bits per heavy atom. The Bertz CT molecular complexity index is 921. The second-order valence-corrected chi connectivity index (χ2v) is 13.5. The molecule has 3 heterocycles. The number of rotatable bonds is 6. The van der Waals surface area contributed by atoms with Crippen LogP contribution < -0.4 is 11.3 Å². The van der Waals surface area contributed by atoms with E-state index in [-0.39, 0.29) is 23.1 Å². The molecule has 0 aliphatic carbocycles. The maximum atomic E-state index is 12.1. The molecule has 4 N–H and O–H groups in total. The van der Waals surface area contributed by atoms with Crippen LogP contribution in [-0.2, 0) is 13.9 Å². The van der Waals surface area contributed by atoms with Crippen LogP contribution in [0.2, 0.25) is 18.1 Å². The summed E-state index contributed by atoms with van der Waals surface area (Å²) in [5, 5.41) is 9.96. The van der Waals surface area contributed by atoms with Crippen LogP contribution >= 0.6 is 0 Å². The Morgan fingerprint density at radius 3 is 2.66 bits per heavy atom. The van der Waals surface area contributed by atoms with Crippen molar-refractivity contribution >= 4 is 25.4 Å². The summed E-state index contributed by atoms with van der Waals surface area (Å²) in [6, 6.07) is 0. The average molecular weight is 426 g/mol. The zero-order valence-corrected chi connectivity index (χ0v) is 18.8. The number of ether oxygens (including phenoxy) is 2. The van der Waals surface area contributed by atoms with Crippen molar-refractivity contribution < 1.29 is 19.0 Å². The van der Waals surface area contributed by atoms with Crippen LogP contribution in [-0.4, -0.2) is 64.5 Å². The molecule has 29 heavy (non-hydrogen) atoms. The molecule has 2 aromatic rings. The number of aliphatic hydroxyl groups excluding tert-OH is 1. The van der Waals surface area contributed by atoms with Gasteiger partial charge in [-0.3, -0.25) is 14.3 Å². The van der Waals surface area contributed by atoms with Crippen molar-refractivity contribution in [3.63, 3.8) is 0 Å². The van der Waals surface area contributed by atoms with Gasteiger partial charge in [-0.2, -0.15) is 4.98 Å². The van der Waals surface area contributed by atoms with E-state index in [1.54, 1.807) is 4.57 Å². The van der Waals surface area contributed by atoms with E-state index >= 15 is 0 Å². The van der Waals surface area contributed by atoms with Crippen LogP contribution in [0.5, 0.6) is 0 Å². The van der Waals surface area contributed by atoms with E-state index in [0.29, 0.717) is 12.3 Å². The highest BCUT2D eigenvalue weighted by molar-refractivity contribution is 6.74. The Labute approximate surface area is 170 Å². The van der Waals surface area contributed by atoms with E-state index in [1.807, 2.05) is 6.92 Å². The molecule has 10 nitrogen and oxygen atoms in total. The minimum absolute atomic E-state index is 0.0111. The lowest BCUT2D eigenvalue weighted by molar-refractivity contribution is -0.0674. The van der Waals surface area contributed by atoms with Gasteiger partial charge in [0.2, 0.25) is 5.95 Å². The molecule has 0 radical (unpaired) electrons. The van der Waals surface area contributed by atoms with Gasteiger partial charge in [0.05, 0.1) is 12.9 Å². The number of hydrogen-bond donors (Lipinski definition) is 3. The monoisotopic (exact) mass is 425 g/mol. The minimum Gasteiger partial charge on any atom is -0.408 e. The molecular formula is C18H31N5O5Si. The number of H-pyrrole nitrogens is 1. The molecule has 0 bridgehead atoms. The molecule has 162 valence electrons. The largest absolute Gasteiger partial charge is 0.408 e. The summed E-state index contributed by atoms with van der Waals surface area (Å²) in [7, 11) is -2.17. The predicted molar refractivity (Wildman–Crippen MR) is 111 cm³/mol. The molecule has 0 amide bonds. The van der Waals surface area contributed by atoms with Crippen LogP contribution in [0.1, 0.15) is 33.9 Å². The lowest BCUT2D eigenvalue weighted by Crippen LogP contribution is -2.50. The summed E-state index contributed by atoms with van der Waals surface area (Å²) in [5.41, 5.74) is 5.75. The van der Waals surface area contributed by atoms with Crippen LogP contribution in [0.3, 0.4) is 0 Å². The molecule has 0 unspecified atom stereocenters. The molecule has 11 heteroatoms. The maximum absolute atomic E-state index is 12.1. The van der Waals surface area contributed by atoms with Crippen molar-refractivity contribution in [1.82, 2.24) is 19.5 Å². The number of nitrogens with one attached hydrogen (secondary N) is 1.